The fourth-order valence-electron chi connectivity index (χ4n) is 5.20. The van der Waals surface area contributed by atoms with Gasteiger partial charge >= 0.3 is 0 Å². The predicted molar refractivity (Wildman–Crippen MR) is 131 cm³/mol. The summed E-state index contributed by atoms with van der Waals surface area (Å²) in [6.45, 7) is 5.97. The van der Waals surface area contributed by atoms with Crippen molar-refractivity contribution in [3.8, 4) is 22.9 Å². The Bertz CT molecular complexity index is 1510. The molecule has 0 fully saturated rings. The van der Waals surface area contributed by atoms with Gasteiger partial charge in [0.25, 0.3) is 0 Å². The van der Waals surface area contributed by atoms with Gasteiger partial charge in [0.2, 0.25) is 11.6 Å². The number of benzene rings is 2. The normalized spacial score (nSPS) is 12.4. The van der Waals surface area contributed by atoms with Crippen molar-refractivity contribution in [3.63, 3.8) is 0 Å². The van der Waals surface area contributed by atoms with Crippen LogP contribution in [-0.4, -0.2) is 42.5 Å². The van der Waals surface area contributed by atoms with Crippen LogP contribution in [0.2, 0.25) is 0 Å². The fourth-order valence-corrected chi connectivity index (χ4v) is 5.20. The van der Waals surface area contributed by atoms with Crippen molar-refractivity contribution < 1.29 is 29.4 Å². The van der Waals surface area contributed by atoms with Crippen LogP contribution in [0.25, 0.3) is 11.4 Å². The standard InChI is InChI=1S/C28H22N2O6/c1-13-21(15(3)31)23-25(29(13)17-5-9-19(33)10-6-17)28(36)24-22(16(4)32)14(2)30(26(24)27(23)35)18-7-11-20(34)12-8-18/h5-12,33-34H,1-4H3. The highest BCUT2D eigenvalue weighted by molar-refractivity contribution is 6.33. The Balaban J connectivity index is 1.90. The molecule has 0 amide bonds. The zero-order valence-electron chi connectivity index (χ0n) is 20.0. The van der Waals surface area contributed by atoms with Crippen molar-refractivity contribution in [2.24, 2.45) is 0 Å². The van der Waals surface area contributed by atoms with Gasteiger partial charge in [0.05, 0.1) is 22.3 Å². The first-order valence-corrected chi connectivity index (χ1v) is 11.2. The van der Waals surface area contributed by atoms with Crippen LogP contribution in [-0.2, 0) is 0 Å². The van der Waals surface area contributed by atoms with E-state index in [9.17, 15) is 29.4 Å². The minimum Gasteiger partial charge on any atom is -0.508 e. The molecule has 0 radical (unpaired) electrons. The van der Waals surface area contributed by atoms with E-state index < -0.39 is 11.6 Å². The molecule has 0 bridgehead atoms. The lowest BCUT2D eigenvalue weighted by Crippen LogP contribution is -2.25. The van der Waals surface area contributed by atoms with Crippen LogP contribution >= 0.6 is 0 Å². The highest BCUT2D eigenvalue weighted by Gasteiger charge is 2.44. The van der Waals surface area contributed by atoms with Crippen molar-refractivity contribution >= 4 is 23.1 Å². The third-order valence-corrected chi connectivity index (χ3v) is 6.62. The second kappa shape index (κ2) is 7.91. The monoisotopic (exact) mass is 482 g/mol. The summed E-state index contributed by atoms with van der Waals surface area (Å²) in [4.78, 5) is 53.8. The molecule has 2 heterocycles. The van der Waals surface area contributed by atoms with E-state index in [1.165, 1.54) is 47.2 Å². The summed E-state index contributed by atoms with van der Waals surface area (Å²) < 4.78 is 3.07. The van der Waals surface area contributed by atoms with Crippen LogP contribution in [0.4, 0.5) is 0 Å². The quantitative estimate of drug-likeness (QED) is 0.365. The Labute approximate surface area is 206 Å². The molecule has 0 unspecified atom stereocenters. The fraction of sp³-hybridized carbons (Fsp3) is 0.143. The van der Waals surface area contributed by atoms with Crippen LogP contribution in [0.3, 0.4) is 0 Å². The minimum absolute atomic E-state index is 0.00578. The number of rotatable bonds is 4. The number of fused-ring (bicyclic) bond motifs is 2. The maximum Gasteiger partial charge on any atom is 0.213 e. The van der Waals surface area contributed by atoms with Crippen LogP contribution in [0.5, 0.6) is 11.5 Å². The number of nitrogens with zero attached hydrogens (tertiary/aromatic N) is 2. The second-order valence-electron chi connectivity index (χ2n) is 8.84. The molecule has 4 aromatic rings. The zero-order chi connectivity index (χ0) is 26.0. The Morgan fingerprint density at radius 2 is 0.917 bits per heavy atom. The van der Waals surface area contributed by atoms with E-state index >= 15 is 0 Å². The molecule has 0 saturated carbocycles. The first kappa shape index (κ1) is 23.0. The molecule has 0 saturated heterocycles. The van der Waals surface area contributed by atoms with Crippen molar-refractivity contribution in [2.45, 2.75) is 27.7 Å². The molecule has 1 aliphatic carbocycles. The van der Waals surface area contributed by atoms with Gasteiger partial charge in [0, 0.05) is 22.8 Å². The minimum atomic E-state index is -0.547. The van der Waals surface area contributed by atoms with Gasteiger partial charge in [-0.05, 0) is 76.2 Å². The maximum absolute atomic E-state index is 14.1. The van der Waals surface area contributed by atoms with Gasteiger partial charge in [-0.1, -0.05) is 0 Å². The first-order chi connectivity index (χ1) is 17.0. The van der Waals surface area contributed by atoms with E-state index in [1.54, 1.807) is 38.1 Å². The Kier molecular flexibility index (Phi) is 5.06. The first-order valence-electron chi connectivity index (χ1n) is 11.2. The second-order valence-corrected chi connectivity index (χ2v) is 8.84. The summed E-state index contributed by atoms with van der Waals surface area (Å²) >= 11 is 0. The molecule has 2 aromatic heterocycles. The number of phenolic OH excluding ortho intramolecular Hbond substituents is 2. The summed E-state index contributed by atoms with van der Waals surface area (Å²) in [6.07, 6.45) is 0. The number of phenols is 2. The third-order valence-electron chi connectivity index (χ3n) is 6.62. The van der Waals surface area contributed by atoms with Gasteiger partial charge in [0.1, 0.15) is 22.9 Å². The number of aromatic hydroxyl groups is 2. The van der Waals surface area contributed by atoms with Crippen LogP contribution in [0, 0.1) is 13.8 Å². The third kappa shape index (κ3) is 3.07. The molecule has 8 heteroatoms. The van der Waals surface area contributed by atoms with Gasteiger partial charge in [-0.2, -0.15) is 0 Å². The highest BCUT2D eigenvalue weighted by atomic mass is 16.3. The molecule has 5 rings (SSSR count). The average Bonchev–Trinajstić information content (AvgIpc) is 3.31. The maximum atomic E-state index is 14.1. The topological polar surface area (TPSA) is 119 Å². The number of carbonyl (C=O) groups is 4. The van der Waals surface area contributed by atoms with Crippen molar-refractivity contribution in [2.75, 3.05) is 0 Å². The molecule has 2 N–H and O–H groups in total. The number of ketones is 4. The van der Waals surface area contributed by atoms with E-state index in [0.29, 0.717) is 22.8 Å². The molecular formula is C28H22N2O6. The van der Waals surface area contributed by atoms with Gasteiger partial charge < -0.3 is 19.3 Å². The highest BCUT2D eigenvalue weighted by Crippen LogP contribution is 2.40. The van der Waals surface area contributed by atoms with Crippen LogP contribution in [0.15, 0.2) is 48.5 Å². The molecule has 0 spiro atoms. The number of hydrogen-bond acceptors (Lipinski definition) is 6. The number of hydrogen-bond donors (Lipinski definition) is 2. The molecule has 8 nitrogen and oxygen atoms in total. The summed E-state index contributed by atoms with van der Waals surface area (Å²) in [5.41, 5.74) is 2.01. The van der Waals surface area contributed by atoms with Crippen molar-refractivity contribution in [3.05, 3.63) is 93.6 Å². The lowest BCUT2D eigenvalue weighted by atomic mass is 9.87. The molecule has 180 valence electrons. The van der Waals surface area contributed by atoms with Gasteiger partial charge in [-0.25, -0.2) is 0 Å². The summed E-state index contributed by atoms with van der Waals surface area (Å²) in [7, 11) is 0. The van der Waals surface area contributed by atoms with E-state index in [2.05, 4.69) is 0 Å². The Morgan fingerprint density at radius 3 is 1.19 bits per heavy atom. The van der Waals surface area contributed by atoms with Crippen molar-refractivity contribution in [1.82, 2.24) is 9.13 Å². The van der Waals surface area contributed by atoms with Crippen LogP contribution in [0.1, 0.15) is 78.1 Å². The molecule has 1 aliphatic rings. The van der Waals surface area contributed by atoms with E-state index in [4.69, 9.17) is 0 Å². The summed E-state index contributed by atoms with van der Waals surface area (Å²) in [5, 5.41) is 19.5. The van der Waals surface area contributed by atoms with E-state index in [1.807, 2.05) is 0 Å². The predicted octanol–water partition coefficient (Wildman–Crippen LogP) is 4.48. The zero-order valence-corrected chi connectivity index (χ0v) is 20.0. The SMILES string of the molecule is CC(=O)c1c2c(n(-c3ccc(O)cc3)c1C)C(=O)c1c(C(C)=O)c(C)n(-c3ccc(O)cc3)c1C2=O. The summed E-state index contributed by atoms with van der Waals surface area (Å²) in [5.74, 6) is -1.80. The van der Waals surface area contributed by atoms with Crippen LogP contribution < -0.4 is 0 Å². The molecule has 0 aliphatic heterocycles. The molecule has 0 atom stereocenters. The largest absolute Gasteiger partial charge is 0.508 e. The number of Topliss-reactive ketones (excluding diaryl/α,β-unsaturated/α-hetero) is 2. The smallest absolute Gasteiger partial charge is 0.213 e. The lowest BCUT2D eigenvalue weighted by molar-refractivity contribution is 0.0956. The molecular weight excluding hydrogens is 460 g/mol. The van der Waals surface area contributed by atoms with Crippen molar-refractivity contribution in [1.29, 1.82) is 0 Å². The molecule has 2 aromatic carbocycles. The van der Waals surface area contributed by atoms with Gasteiger partial charge in [0.15, 0.2) is 11.6 Å². The average molecular weight is 482 g/mol. The lowest BCUT2D eigenvalue weighted by Gasteiger charge is -2.18. The molecule has 36 heavy (non-hydrogen) atoms. The van der Waals surface area contributed by atoms with E-state index in [0.717, 1.165) is 0 Å². The van der Waals surface area contributed by atoms with E-state index in [-0.39, 0.29) is 56.7 Å². The van der Waals surface area contributed by atoms with Gasteiger partial charge in [-0.15, -0.1) is 0 Å². The Hall–Kier alpha value is -4.72. The summed E-state index contributed by atoms with van der Waals surface area (Å²) in [6, 6.07) is 12.1. The Morgan fingerprint density at radius 1 is 0.611 bits per heavy atom. The van der Waals surface area contributed by atoms with Gasteiger partial charge in [-0.3, -0.25) is 19.2 Å². The number of aromatic nitrogens is 2. The number of carbonyl (C=O) groups excluding carboxylic acids is 4.